The number of benzene rings is 1. The molecule has 0 aromatic heterocycles. The molecule has 1 unspecified atom stereocenters. The summed E-state index contributed by atoms with van der Waals surface area (Å²) in [6, 6.07) is 6.13. The molecule has 0 spiro atoms. The molecular weight excluding hydrogens is 248 g/mol. The fourth-order valence-corrected chi connectivity index (χ4v) is 3.36. The Labute approximate surface area is 100.0 Å². The topological polar surface area (TPSA) is 54.4 Å². The number of hydrogen-bond acceptors (Lipinski definition) is 3. The Balaban J connectivity index is 2.17. The Hall–Kier alpha value is -0.580. The fourth-order valence-electron chi connectivity index (χ4n) is 1.60. The van der Waals surface area contributed by atoms with Crippen LogP contribution in [0.3, 0.4) is 0 Å². The van der Waals surface area contributed by atoms with Crippen LogP contribution >= 0.6 is 11.6 Å². The van der Waals surface area contributed by atoms with Crippen LogP contribution in [-0.4, -0.2) is 25.4 Å². The van der Waals surface area contributed by atoms with Crippen LogP contribution in [0, 0.1) is 5.92 Å². The summed E-state index contributed by atoms with van der Waals surface area (Å²) >= 11 is 5.74. The molecule has 1 aromatic carbocycles. The van der Waals surface area contributed by atoms with Crippen LogP contribution in [0.25, 0.3) is 0 Å². The molecule has 88 valence electrons. The van der Waals surface area contributed by atoms with E-state index in [-0.39, 0.29) is 16.6 Å². The smallest absolute Gasteiger partial charge is 0.180 e. The van der Waals surface area contributed by atoms with Crippen LogP contribution < -0.4 is 0 Å². The summed E-state index contributed by atoms with van der Waals surface area (Å²) in [6.07, 6.45) is 1.10. The Bertz CT molecular complexity index is 480. The zero-order chi connectivity index (χ0) is 11.8. The van der Waals surface area contributed by atoms with E-state index in [1.807, 2.05) is 0 Å². The number of halogens is 1. The minimum Gasteiger partial charge on any atom is -0.392 e. The van der Waals surface area contributed by atoms with E-state index >= 15 is 0 Å². The Morgan fingerprint density at radius 2 is 2.12 bits per heavy atom. The van der Waals surface area contributed by atoms with E-state index in [1.165, 1.54) is 12.1 Å². The van der Waals surface area contributed by atoms with Crippen LogP contribution in [0.1, 0.15) is 12.8 Å². The molecule has 3 nitrogen and oxygen atoms in total. The Kier molecular flexibility index (Phi) is 3.24. The quantitative estimate of drug-likeness (QED) is 0.899. The summed E-state index contributed by atoms with van der Waals surface area (Å²) in [5, 5.41) is 10.0. The third-order valence-electron chi connectivity index (χ3n) is 2.71. The van der Waals surface area contributed by atoms with Gasteiger partial charge in [-0.2, -0.15) is 0 Å². The second-order valence-electron chi connectivity index (χ2n) is 4.14. The molecule has 0 amide bonds. The highest BCUT2D eigenvalue weighted by molar-refractivity contribution is 7.91. The van der Waals surface area contributed by atoms with Gasteiger partial charge in [0.1, 0.15) is 0 Å². The van der Waals surface area contributed by atoms with Crippen molar-refractivity contribution in [2.75, 3.05) is 5.75 Å². The predicted octanol–water partition coefficient (Wildman–Crippen LogP) is 1.88. The summed E-state index contributed by atoms with van der Waals surface area (Å²) in [5.74, 6) is -0.0492. The third-order valence-corrected chi connectivity index (χ3v) is 4.70. The number of aliphatic hydroxyl groups is 1. The fraction of sp³-hybridized carbons (Fsp3) is 0.455. The van der Waals surface area contributed by atoms with Gasteiger partial charge in [0.05, 0.1) is 16.8 Å². The maximum absolute atomic E-state index is 11.9. The van der Waals surface area contributed by atoms with Crippen molar-refractivity contribution in [1.29, 1.82) is 0 Å². The highest BCUT2D eigenvalue weighted by Gasteiger charge is 2.33. The lowest BCUT2D eigenvalue weighted by Crippen LogP contribution is -2.22. The lowest BCUT2D eigenvalue weighted by molar-refractivity contribution is 0.174. The van der Waals surface area contributed by atoms with E-state index in [1.54, 1.807) is 12.1 Å². The lowest BCUT2D eigenvalue weighted by Gasteiger charge is -2.10. The van der Waals surface area contributed by atoms with Gasteiger partial charge in [0, 0.05) is 5.02 Å². The third kappa shape index (κ3) is 2.75. The number of sulfone groups is 1. The van der Waals surface area contributed by atoms with Crippen LogP contribution in [0.2, 0.25) is 5.02 Å². The molecule has 16 heavy (non-hydrogen) atoms. The van der Waals surface area contributed by atoms with Crippen molar-refractivity contribution in [2.24, 2.45) is 5.92 Å². The maximum atomic E-state index is 11.9. The van der Waals surface area contributed by atoms with Gasteiger partial charge in [-0.05, 0) is 37.0 Å². The van der Waals surface area contributed by atoms with E-state index < -0.39 is 15.9 Å². The van der Waals surface area contributed by atoms with E-state index in [0.29, 0.717) is 5.02 Å². The first-order chi connectivity index (χ1) is 7.49. The van der Waals surface area contributed by atoms with Crippen molar-refractivity contribution in [3.63, 3.8) is 0 Å². The van der Waals surface area contributed by atoms with Gasteiger partial charge >= 0.3 is 0 Å². The molecule has 0 radical (unpaired) electrons. The molecule has 1 aromatic rings. The predicted molar refractivity (Wildman–Crippen MR) is 62.2 cm³/mol. The van der Waals surface area contributed by atoms with Gasteiger partial charge in [-0.15, -0.1) is 0 Å². The molecule has 1 saturated carbocycles. The van der Waals surface area contributed by atoms with Gasteiger partial charge in [-0.1, -0.05) is 17.7 Å². The molecule has 0 heterocycles. The van der Waals surface area contributed by atoms with E-state index in [0.717, 1.165) is 12.8 Å². The molecule has 1 N–H and O–H groups in total. The second kappa shape index (κ2) is 4.35. The van der Waals surface area contributed by atoms with Crippen LogP contribution in [-0.2, 0) is 9.84 Å². The average Bonchev–Trinajstić information content (AvgIpc) is 3.00. The molecule has 0 bridgehead atoms. The van der Waals surface area contributed by atoms with Gasteiger partial charge in [-0.25, -0.2) is 8.42 Å². The second-order valence-corrected chi connectivity index (χ2v) is 6.61. The van der Waals surface area contributed by atoms with Crippen molar-refractivity contribution >= 4 is 21.4 Å². The maximum Gasteiger partial charge on any atom is 0.180 e. The first-order valence-electron chi connectivity index (χ1n) is 5.15. The van der Waals surface area contributed by atoms with Crippen molar-refractivity contribution in [1.82, 2.24) is 0 Å². The molecular formula is C11H13ClO3S. The molecule has 0 saturated heterocycles. The molecule has 1 aliphatic carbocycles. The highest BCUT2D eigenvalue weighted by atomic mass is 35.5. The molecule has 5 heteroatoms. The summed E-state index contributed by atoms with van der Waals surface area (Å²) in [5.41, 5.74) is 0. The first kappa shape index (κ1) is 11.9. The monoisotopic (exact) mass is 260 g/mol. The van der Waals surface area contributed by atoms with E-state index in [9.17, 15) is 13.5 Å². The lowest BCUT2D eigenvalue weighted by atomic mass is 10.3. The number of hydrogen-bond donors (Lipinski definition) is 1. The molecule has 1 atom stereocenters. The summed E-state index contributed by atoms with van der Waals surface area (Å²) in [7, 11) is -3.42. The minimum atomic E-state index is -3.42. The van der Waals surface area contributed by atoms with Gasteiger partial charge in [0.15, 0.2) is 9.84 Å². The van der Waals surface area contributed by atoms with E-state index in [2.05, 4.69) is 0 Å². The molecule has 1 aliphatic rings. The van der Waals surface area contributed by atoms with Crippen molar-refractivity contribution in [3.05, 3.63) is 29.3 Å². The summed E-state index contributed by atoms with van der Waals surface area (Å²) < 4.78 is 23.8. The zero-order valence-electron chi connectivity index (χ0n) is 8.64. The highest BCUT2D eigenvalue weighted by Crippen LogP contribution is 2.33. The van der Waals surface area contributed by atoms with Gasteiger partial charge < -0.3 is 5.11 Å². The number of aliphatic hydroxyl groups excluding tert-OH is 1. The van der Waals surface area contributed by atoms with E-state index in [4.69, 9.17) is 11.6 Å². The van der Waals surface area contributed by atoms with Crippen molar-refractivity contribution < 1.29 is 13.5 Å². The Morgan fingerprint density at radius 1 is 1.44 bits per heavy atom. The minimum absolute atomic E-state index is 0.161. The first-order valence-corrected chi connectivity index (χ1v) is 7.18. The van der Waals surface area contributed by atoms with Crippen LogP contribution in [0.15, 0.2) is 29.2 Å². The van der Waals surface area contributed by atoms with Gasteiger partial charge in [-0.3, -0.25) is 0 Å². The zero-order valence-corrected chi connectivity index (χ0v) is 10.2. The molecule has 1 fully saturated rings. The van der Waals surface area contributed by atoms with Gasteiger partial charge in [0.2, 0.25) is 0 Å². The summed E-state index contributed by atoms with van der Waals surface area (Å²) in [6.45, 7) is 0. The standard InChI is InChI=1S/C11H13ClO3S/c12-9-2-1-3-10(6-9)16(14,15)7-11(13)8-4-5-8/h1-3,6,8,11,13H,4-5,7H2. The summed E-state index contributed by atoms with van der Waals surface area (Å²) in [4.78, 5) is 0.180. The largest absolute Gasteiger partial charge is 0.392 e. The normalized spacial score (nSPS) is 18.4. The van der Waals surface area contributed by atoms with Crippen molar-refractivity contribution in [3.8, 4) is 0 Å². The van der Waals surface area contributed by atoms with Crippen LogP contribution in [0.4, 0.5) is 0 Å². The van der Waals surface area contributed by atoms with Crippen LogP contribution in [0.5, 0.6) is 0 Å². The molecule has 2 rings (SSSR count). The Morgan fingerprint density at radius 3 is 2.69 bits per heavy atom. The molecule has 0 aliphatic heterocycles. The van der Waals surface area contributed by atoms with Gasteiger partial charge in [0.25, 0.3) is 0 Å². The SMILES string of the molecule is O=S(=O)(CC(O)C1CC1)c1cccc(Cl)c1. The van der Waals surface area contributed by atoms with Crippen molar-refractivity contribution in [2.45, 2.75) is 23.8 Å². The average molecular weight is 261 g/mol. The number of rotatable bonds is 4.